The molecule has 56 heavy (non-hydrogen) atoms. The summed E-state index contributed by atoms with van der Waals surface area (Å²) in [6, 6.07) is 72.5. The van der Waals surface area contributed by atoms with Gasteiger partial charge in [0.25, 0.3) is 0 Å². The van der Waals surface area contributed by atoms with E-state index in [1.54, 1.807) is 0 Å². The second kappa shape index (κ2) is 13.1. The van der Waals surface area contributed by atoms with E-state index >= 15 is 0 Å². The van der Waals surface area contributed by atoms with Crippen molar-refractivity contribution in [2.45, 2.75) is 0 Å². The van der Waals surface area contributed by atoms with Crippen molar-refractivity contribution < 1.29 is 8.83 Å². The van der Waals surface area contributed by atoms with Crippen LogP contribution in [-0.4, -0.2) is 0 Å². The van der Waals surface area contributed by atoms with Gasteiger partial charge in [0, 0.05) is 55.4 Å². The van der Waals surface area contributed by atoms with E-state index in [0.717, 1.165) is 94.5 Å². The summed E-state index contributed by atoms with van der Waals surface area (Å²) in [5, 5.41) is 6.76. The van der Waals surface area contributed by atoms with Crippen LogP contribution in [0.3, 0.4) is 0 Å². The predicted octanol–water partition coefficient (Wildman–Crippen LogP) is 15.2. The molecule has 0 spiro atoms. The summed E-state index contributed by atoms with van der Waals surface area (Å²) in [7, 11) is 0. The van der Waals surface area contributed by atoms with Gasteiger partial charge in [-0.1, -0.05) is 127 Å². The first-order valence-electron chi connectivity index (χ1n) is 18.9. The molecule has 0 N–H and O–H groups in total. The molecule has 0 aliphatic carbocycles. The fourth-order valence-electron chi connectivity index (χ4n) is 8.29. The zero-order chi connectivity index (χ0) is 37.0. The Hall–Kier alpha value is -7.56. The summed E-state index contributed by atoms with van der Waals surface area (Å²) in [5.41, 5.74) is 12.0. The molecular formula is C52H34N2O2. The number of anilines is 6. The van der Waals surface area contributed by atoms with Crippen LogP contribution in [0.1, 0.15) is 0 Å². The van der Waals surface area contributed by atoms with Crippen LogP contribution in [0.2, 0.25) is 0 Å². The summed E-state index contributed by atoms with van der Waals surface area (Å²) in [4.78, 5) is 4.61. The molecule has 0 fully saturated rings. The largest absolute Gasteiger partial charge is 0.455 e. The number of hydrogen-bond donors (Lipinski definition) is 0. The molecule has 0 saturated carbocycles. The van der Waals surface area contributed by atoms with Crippen molar-refractivity contribution in [2.24, 2.45) is 0 Å². The highest BCUT2D eigenvalue weighted by Crippen LogP contribution is 2.45. The SMILES string of the molecule is c1ccc(N(c2ccc(-c3cccc4oc5c6ccccc6ccc5c34)cc2)c2cccc(N(c3ccccc3)c3cccc4c3oc3ccccc34)c2)cc1. The lowest BCUT2D eigenvalue weighted by atomic mass is 9.98. The Balaban J connectivity index is 1.04. The third-order valence-electron chi connectivity index (χ3n) is 10.8. The van der Waals surface area contributed by atoms with Crippen molar-refractivity contribution in [3.05, 3.63) is 206 Å². The molecule has 9 aromatic carbocycles. The lowest BCUT2D eigenvalue weighted by Gasteiger charge is -2.29. The number of furan rings is 2. The predicted molar refractivity (Wildman–Crippen MR) is 233 cm³/mol. The maximum absolute atomic E-state index is 6.58. The van der Waals surface area contributed by atoms with Gasteiger partial charge < -0.3 is 18.6 Å². The normalized spacial score (nSPS) is 11.6. The highest BCUT2D eigenvalue weighted by molar-refractivity contribution is 6.19. The van der Waals surface area contributed by atoms with E-state index in [2.05, 4.69) is 204 Å². The highest BCUT2D eigenvalue weighted by atomic mass is 16.3. The average molecular weight is 719 g/mol. The Kier molecular flexibility index (Phi) is 7.46. The molecule has 0 aliphatic heterocycles. The molecule has 0 unspecified atom stereocenters. The van der Waals surface area contributed by atoms with Gasteiger partial charge in [-0.15, -0.1) is 0 Å². The van der Waals surface area contributed by atoms with Gasteiger partial charge in [-0.3, -0.25) is 0 Å². The van der Waals surface area contributed by atoms with Crippen LogP contribution >= 0.6 is 0 Å². The van der Waals surface area contributed by atoms with E-state index in [1.165, 1.54) is 5.39 Å². The summed E-state index contributed by atoms with van der Waals surface area (Å²) >= 11 is 0. The number of rotatable bonds is 7. The van der Waals surface area contributed by atoms with Gasteiger partial charge in [-0.2, -0.15) is 0 Å². The van der Waals surface area contributed by atoms with Gasteiger partial charge in [-0.25, -0.2) is 0 Å². The summed E-state index contributed by atoms with van der Waals surface area (Å²) in [5.74, 6) is 0. The minimum absolute atomic E-state index is 0.854. The summed E-state index contributed by atoms with van der Waals surface area (Å²) in [6.07, 6.45) is 0. The zero-order valence-corrected chi connectivity index (χ0v) is 30.3. The first-order chi connectivity index (χ1) is 27.8. The lowest BCUT2D eigenvalue weighted by molar-refractivity contribution is 0.669. The third kappa shape index (κ3) is 5.23. The Morgan fingerprint density at radius 3 is 1.70 bits per heavy atom. The van der Waals surface area contributed by atoms with Crippen LogP contribution in [0.4, 0.5) is 34.1 Å². The molecule has 0 saturated heterocycles. The van der Waals surface area contributed by atoms with Crippen LogP contribution in [0, 0.1) is 0 Å². The van der Waals surface area contributed by atoms with Crippen LogP contribution in [-0.2, 0) is 0 Å². The molecule has 0 radical (unpaired) electrons. The van der Waals surface area contributed by atoms with Gasteiger partial charge in [0.2, 0.25) is 0 Å². The topological polar surface area (TPSA) is 32.8 Å². The monoisotopic (exact) mass is 718 g/mol. The molecule has 11 aromatic rings. The number of fused-ring (bicyclic) bond motifs is 8. The Bertz CT molecular complexity index is 3200. The van der Waals surface area contributed by atoms with Crippen LogP contribution in [0.25, 0.3) is 65.8 Å². The van der Waals surface area contributed by atoms with Crippen LogP contribution < -0.4 is 9.80 Å². The number of para-hydroxylation sites is 4. The first-order valence-corrected chi connectivity index (χ1v) is 18.9. The average Bonchev–Trinajstić information content (AvgIpc) is 3.85. The maximum atomic E-state index is 6.58. The molecule has 2 aromatic heterocycles. The molecule has 4 heteroatoms. The van der Waals surface area contributed by atoms with Gasteiger partial charge in [0.1, 0.15) is 16.7 Å². The maximum Gasteiger partial charge on any atom is 0.159 e. The van der Waals surface area contributed by atoms with Crippen molar-refractivity contribution in [1.82, 2.24) is 0 Å². The van der Waals surface area contributed by atoms with E-state index < -0.39 is 0 Å². The fraction of sp³-hybridized carbons (Fsp3) is 0. The Morgan fingerprint density at radius 1 is 0.321 bits per heavy atom. The molecule has 2 heterocycles. The van der Waals surface area contributed by atoms with Crippen molar-refractivity contribution in [1.29, 1.82) is 0 Å². The Morgan fingerprint density at radius 2 is 0.893 bits per heavy atom. The molecule has 0 bridgehead atoms. The smallest absolute Gasteiger partial charge is 0.159 e. The van der Waals surface area contributed by atoms with Crippen molar-refractivity contribution in [3.63, 3.8) is 0 Å². The third-order valence-corrected chi connectivity index (χ3v) is 10.8. The molecular weight excluding hydrogens is 685 g/mol. The minimum Gasteiger partial charge on any atom is -0.455 e. The van der Waals surface area contributed by atoms with Gasteiger partial charge in [0.05, 0.1) is 5.69 Å². The van der Waals surface area contributed by atoms with Crippen molar-refractivity contribution >= 4 is 88.8 Å². The van der Waals surface area contributed by atoms with Crippen LogP contribution in [0.15, 0.2) is 215 Å². The second-order valence-electron chi connectivity index (χ2n) is 14.1. The molecule has 11 rings (SSSR count). The minimum atomic E-state index is 0.854. The molecule has 0 aliphatic rings. The van der Waals surface area contributed by atoms with E-state index in [-0.39, 0.29) is 0 Å². The van der Waals surface area contributed by atoms with E-state index in [9.17, 15) is 0 Å². The zero-order valence-electron chi connectivity index (χ0n) is 30.3. The first kappa shape index (κ1) is 31.9. The molecule has 4 nitrogen and oxygen atoms in total. The van der Waals surface area contributed by atoms with Crippen molar-refractivity contribution in [3.8, 4) is 11.1 Å². The fourth-order valence-corrected chi connectivity index (χ4v) is 8.29. The quantitative estimate of drug-likeness (QED) is 0.164. The number of hydrogen-bond acceptors (Lipinski definition) is 4. The number of benzene rings is 9. The van der Waals surface area contributed by atoms with Crippen molar-refractivity contribution in [2.75, 3.05) is 9.80 Å². The molecule has 264 valence electrons. The molecule has 0 atom stereocenters. The van der Waals surface area contributed by atoms with E-state index in [0.29, 0.717) is 0 Å². The highest BCUT2D eigenvalue weighted by Gasteiger charge is 2.21. The standard InChI is InChI=1S/C52H34N2O2/c1-3-15-37(16-4-1)53(39-31-28-36(29-32-39)42-23-13-27-49-50(42)46-33-30-35-14-7-8-21-43(35)51(46)56-49)40-19-11-20-41(34-40)54(38-17-5-2-6-18-38)47-25-12-24-45-44-22-9-10-26-48(44)55-52(45)47/h1-34H. The van der Waals surface area contributed by atoms with E-state index in [1.807, 2.05) is 12.1 Å². The summed E-state index contributed by atoms with van der Waals surface area (Å²) in [6.45, 7) is 0. The van der Waals surface area contributed by atoms with E-state index in [4.69, 9.17) is 8.83 Å². The van der Waals surface area contributed by atoms with Gasteiger partial charge in [-0.05, 0) is 95.4 Å². The lowest BCUT2D eigenvalue weighted by Crippen LogP contribution is -2.13. The number of nitrogens with zero attached hydrogens (tertiary/aromatic N) is 2. The molecule has 0 amide bonds. The second-order valence-corrected chi connectivity index (χ2v) is 14.1. The Labute approximate surface area is 323 Å². The summed E-state index contributed by atoms with van der Waals surface area (Å²) < 4.78 is 13.1. The van der Waals surface area contributed by atoms with Gasteiger partial charge >= 0.3 is 0 Å². The van der Waals surface area contributed by atoms with Crippen LogP contribution in [0.5, 0.6) is 0 Å². The van der Waals surface area contributed by atoms with Gasteiger partial charge in [0.15, 0.2) is 5.58 Å².